The number of amides is 1. The normalized spacial score (nSPS) is 11.3. The second-order valence-corrected chi connectivity index (χ2v) is 9.74. The molecule has 0 bridgehead atoms. The van der Waals surface area contributed by atoms with E-state index in [1.165, 1.54) is 48.3 Å². The minimum atomic E-state index is -4.04. The van der Waals surface area contributed by atoms with E-state index in [0.717, 1.165) is 11.1 Å². The van der Waals surface area contributed by atoms with Crippen LogP contribution in [0.15, 0.2) is 70.6 Å². The fourth-order valence-electron chi connectivity index (χ4n) is 3.68. The molecule has 10 heteroatoms. The summed E-state index contributed by atoms with van der Waals surface area (Å²) in [5.74, 6) is -0.349. The summed E-state index contributed by atoms with van der Waals surface area (Å²) in [7, 11) is -1.06. The first-order chi connectivity index (χ1) is 16.6. The number of nitrogens with zero attached hydrogens (tertiary/aromatic N) is 2. The average molecular weight is 493 g/mol. The summed E-state index contributed by atoms with van der Waals surface area (Å²) in [6, 6.07) is 14.4. The Balaban J connectivity index is 1.66. The zero-order valence-corrected chi connectivity index (χ0v) is 20.4. The van der Waals surface area contributed by atoms with Gasteiger partial charge in [-0.05, 0) is 61.4 Å². The first-order valence-electron chi connectivity index (χ1n) is 10.6. The van der Waals surface area contributed by atoms with E-state index < -0.39 is 15.9 Å². The van der Waals surface area contributed by atoms with Crippen LogP contribution in [0.4, 0.5) is 11.4 Å². The minimum absolute atomic E-state index is 0.121. The third-order valence-corrected chi connectivity index (χ3v) is 6.98. The van der Waals surface area contributed by atoms with Crippen LogP contribution < -0.4 is 20.3 Å². The van der Waals surface area contributed by atoms with Crippen molar-refractivity contribution in [1.82, 2.24) is 9.55 Å². The summed E-state index contributed by atoms with van der Waals surface area (Å²) in [5.41, 5.74) is 2.73. The largest absolute Gasteiger partial charge is 0.495 e. The number of nitrogens with one attached hydrogen (secondary N) is 2. The first-order valence-corrected chi connectivity index (χ1v) is 12.1. The van der Waals surface area contributed by atoms with E-state index >= 15 is 0 Å². The van der Waals surface area contributed by atoms with Gasteiger partial charge >= 0.3 is 0 Å². The molecule has 0 saturated heterocycles. The van der Waals surface area contributed by atoms with Crippen LogP contribution in [0.5, 0.6) is 5.75 Å². The molecule has 1 aromatic heterocycles. The molecule has 0 aliphatic heterocycles. The monoisotopic (exact) mass is 492 g/mol. The predicted molar refractivity (Wildman–Crippen MR) is 135 cm³/mol. The molecule has 4 aromatic rings. The highest BCUT2D eigenvalue weighted by atomic mass is 32.2. The number of ether oxygens (including phenoxy) is 1. The van der Waals surface area contributed by atoms with Gasteiger partial charge in [0.25, 0.3) is 21.5 Å². The van der Waals surface area contributed by atoms with Gasteiger partial charge in [-0.3, -0.25) is 14.3 Å². The molecule has 0 radical (unpaired) electrons. The lowest BCUT2D eigenvalue weighted by Crippen LogP contribution is -2.18. The zero-order chi connectivity index (χ0) is 25.3. The number of sulfonamides is 1. The first kappa shape index (κ1) is 24.0. The molecule has 35 heavy (non-hydrogen) atoms. The molecule has 4 rings (SSSR count). The predicted octanol–water partition coefficient (Wildman–Crippen LogP) is 3.61. The minimum Gasteiger partial charge on any atom is -0.495 e. The van der Waals surface area contributed by atoms with Gasteiger partial charge < -0.3 is 14.6 Å². The average Bonchev–Trinajstić information content (AvgIpc) is 2.83. The molecular formula is C25H24N4O5S. The Kier molecular flexibility index (Phi) is 6.31. The number of aryl methyl sites for hydroxylation is 3. The van der Waals surface area contributed by atoms with Crippen LogP contribution in [0.2, 0.25) is 0 Å². The summed E-state index contributed by atoms with van der Waals surface area (Å²) < 4.78 is 35.8. The molecule has 2 N–H and O–H groups in total. The van der Waals surface area contributed by atoms with Gasteiger partial charge in [0.05, 0.1) is 30.0 Å². The van der Waals surface area contributed by atoms with Crippen molar-refractivity contribution in [2.24, 2.45) is 7.05 Å². The number of aromatic nitrogens is 2. The number of hydrogen-bond acceptors (Lipinski definition) is 6. The molecule has 0 aliphatic rings. The molecular weight excluding hydrogens is 468 g/mol. The van der Waals surface area contributed by atoms with Crippen molar-refractivity contribution < 1.29 is 17.9 Å². The smallest absolute Gasteiger partial charge is 0.265 e. The van der Waals surface area contributed by atoms with E-state index in [1.807, 2.05) is 32.0 Å². The molecule has 1 amide bonds. The Bertz CT molecular complexity index is 1610. The second kappa shape index (κ2) is 9.22. The summed E-state index contributed by atoms with van der Waals surface area (Å²) in [6.45, 7) is 3.62. The van der Waals surface area contributed by atoms with Crippen molar-refractivity contribution in [1.29, 1.82) is 0 Å². The van der Waals surface area contributed by atoms with Gasteiger partial charge in [-0.1, -0.05) is 18.2 Å². The van der Waals surface area contributed by atoms with Crippen molar-refractivity contribution in [2.75, 3.05) is 17.1 Å². The van der Waals surface area contributed by atoms with Crippen molar-refractivity contribution >= 4 is 38.2 Å². The van der Waals surface area contributed by atoms with Gasteiger partial charge in [-0.15, -0.1) is 0 Å². The number of anilines is 2. The molecule has 9 nitrogen and oxygen atoms in total. The Morgan fingerprint density at radius 3 is 2.43 bits per heavy atom. The Hall–Kier alpha value is -4.18. The van der Waals surface area contributed by atoms with Gasteiger partial charge in [-0.2, -0.15) is 0 Å². The number of benzene rings is 3. The van der Waals surface area contributed by atoms with Crippen LogP contribution in [0.25, 0.3) is 10.9 Å². The number of rotatable bonds is 6. The third kappa shape index (κ3) is 4.73. The maximum atomic E-state index is 13.3. The van der Waals surface area contributed by atoms with E-state index in [4.69, 9.17) is 4.74 Å². The molecule has 0 unspecified atom stereocenters. The fraction of sp³-hybridized carbons (Fsp3) is 0.160. The molecule has 0 atom stereocenters. The standard InChI is InChI=1S/C25H24N4O5S/c1-15-6-5-7-16(2)23(15)28-35(32,33)22-13-18(9-11-21(22)34-4)27-24(30)17-8-10-19-20(12-17)26-14-29(3)25(19)31/h5-14,28H,1-4H3,(H,27,30). The number of hydrogen-bond donors (Lipinski definition) is 2. The number of carbonyl (C=O) groups excluding carboxylic acids is 1. The van der Waals surface area contributed by atoms with Crippen LogP contribution in [0.1, 0.15) is 21.5 Å². The van der Waals surface area contributed by atoms with E-state index in [2.05, 4.69) is 15.0 Å². The maximum Gasteiger partial charge on any atom is 0.265 e. The zero-order valence-electron chi connectivity index (χ0n) is 19.6. The van der Waals surface area contributed by atoms with E-state index in [9.17, 15) is 18.0 Å². The highest BCUT2D eigenvalue weighted by molar-refractivity contribution is 7.92. The quantitative estimate of drug-likeness (QED) is 0.424. The lowest BCUT2D eigenvalue weighted by atomic mass is 10.1. The van der Waals surface area contributed by atoms with Gasteiger partial charge in [0.15, 0.2) is 0 Å². The van der Waals surface area contributed by atoms with Crippen LogP contribution in [0, 0.1) is 13.8 Å². The van der Waals surface area contributed by atoms with Crippen LogP contribution in [-0.4, -0.2) is 31.0 Å². The molecule has 1 heterocycles. The number of fused-ring (bicyclic) bond motifs is 1. The Labute approximate surface area is 202 Å². The van der Waals surface area contributed by atoms with E-state index in [-0.39, 0.29) is 27.5 Å². The van der Waals surface area contributed by atoms with Gasteiger partial charge in [-0.25, -0.2) is 13.4 Å². The van der Waals surface area contributed by atoms with Crippen LogP contribution >= 0.6 is 0 Å². The van der Waals surface area contributed by atoms with Gasteiger partial charge in [0.2, 0.25) is 0 Å². The summed E-state index contributed by atoms with van der Waals surface area (Å²) in [6.07, 6.45) is 1.39. The molecule has 3 aromatic carbocycles. The number of para-hydroxylation sites is 1. The third-order valence-electron chi connectivity index (χ3n) is 5.61. The molecule has 180 valence electrons. The molecule has 0 saturated carbocycles. The van der Waals surface area contributed by atoms with Crippen molar-refractivity contribution in [3.8, 4) is 5.75 Å². The lowest BCUT2D eigenvalue weighted by Gasteiger charge is -2.16. The van der Waals surface area contributed by atoms with Crippen molar-refractivity contribution in [2.45, 2.75) is 18.7 Å². The second-order valence-electron chi connectivity index (χ2n) is 8.08. The van der Waals surface area contributed by atoms with Crippen LogP contribution in [0.3, 0.4) is 0 Å². The SMILES string of the molecule is COc1ccc(NC(=O)c2ccc3c(=O)n(C)cnc3c2)cc1S(=O)(=O)Nc1c(C)cccc1C. The lowest BCUT2D eigenvalue weighted by molar-refractivity contribution is 0.102. The number of carbonyl (C=O) groups is 1. The van der Waals surface area contributed by atoms with E-state index in [1.54, 1.807) is 13.1 Å². The summed E-state index contributed by atoms with van der Waals surface area (Å²) in [5, 5.41) is 3.09. The maximum absolute atomic E-state index is 13.3. The highest BCUT2D eigenvalue weighted by Gasteiger charge is 2.22. The number of methoxy groups -OCH3 is 1. The highest BCUT2D eigenvalue weighted by Crippen LogP contribution is 2.31. The molecule has 0 spiro atoms. The summed E-state index contributed by atoms with van der Waals surface area (Å²) >= 11 is 0. The Morgan fingerprint density at radius 1 is 1.03 bits per heavy atom. The molecule has 0 fully saturated rings. The topological polar surface area (TPSA) is 119 Å². The van der Waals surface area contributed by atoms with Crippen molar-refractivity contribution in [3.63, 3.8) is 0 Å². The Morgan fingerprint density at radius 2 is 1.74 bits per heavy atom. The fourth-order valence-corrected chi connectivity index (χ4v) is 5.08. The van der Waals surface area contributed by atoms with Gasteiger partial charge in [0.1, 0.15) is 10.6 Å². The molecule has 0 aliphatic carbocycles. The van der Waals surface area contributed by atoms with Crippen molar-refractivity contribution in [3.05, 3.63) is 88.0 Å². The summed E-state index contributed by atoms with van der Waals surface area (Å²) in [4.78, 5) is 29.2. The van der Waals surface area contributed by atoms with Gasteiger partial charge in [0, 0.05) is 18.3 Å². The van der Waals surface area contributed by atoms with E-state index in [0.29, 0.717) is 16.6 Å². The van der Waals surface area contributed by atoms with Crippen LogP contribution in [-0.2, 0) is 17.1 Å².